The lowest BCUT2D eigenvalue weighted by atomic mass is 10.0. The summed E-state index contributed by atoms with van der Waals surface area (Å²) in [5.41, 5.74) is 1.18. The highest BCUT2D eigenvalue weighted by Crippen LogP contribution is 2.40. The van der Waals surface area contributed by atoms with Crippen LogP contribution in [0.25, 0.3) is 0 Å². The van der Waals surface area contributed by atoms with Crippen molar-refractivity contribution in [3.8, 4) is 0 Å². The van der Waals surface area contributed by atoms with E-state index in [0.29, 0.717) is 6.61 Å². The van der Waals surface area contributed by atoms with E-state index in [-0.39, 0.29) is 35.0 Å². The van der Waals surface area contributed by atoms with E-state index < -0.39 is 16.6 Å². The van der Waals surface area contributed by atoms with Gasteiger partial charge in [0.1, 0.15) is 6.10 Å². The molecule has 43 heavy (non-hydrogen) atoms. The summed E-state index contributed by atoms with van der Waals surface area (Å²) in [6.07, 6.45) is 17.0. The fourth-order valence-electron chi connectivity index (χ4n) is 4.64. The average molecular weight is 635 g/mol. The van der Waals surface area contributed by atoms with E-state index >= 15 is 0 Å². The van der Waals surface area contributed by atoms with Gasteiger partial charge in [0.25, 0.3) is 0 Å². The van der Waals surface area contributed by atoms with Crippen LogP contribution in [-0.4, -0.2) is 46.7 Å². The molecule has 0 aliphatic carbocycles. The number of rotatable bonds is 22. The predicted octanol–water partition coefficient (Wildman–Crippen LogP) is 11.2. The third-order valence-corrected chi connectivity index (χ3v) is 18.7. The molecule has 1 rings (SSSR count). The molecule has 0 aliphatic rings. The van der Waals surface area contributed by atoms with Crippen molar-refractivity contribution in [2.24, 2.45) is 0 Å². The lowest BCUT2D eigenvalue weighted by molar-refractivity contribution is -0.0171. The normalized spacial score (nSPS) is 15.6. The zero-order valence-corrected chi connectivity index (χ0v) is 32.1. The van der Waals surface area contributed by atoms with Gasteiger partial charge in [-0.1, -0.05) is 142 Å². The quantitative estimate of drug-likeness (QED) is 0.0783. The molecule has 0 amide bonds. The predicted molar refractivity (Wildman–Crippen MR) is 192 cm³/mol. The number of hydrogen-bond donors (Lipinski definition) is 1. The Balaban J connectivity index is 3.35. The summed E-state index contributed by atoms with van der Waals surface area (Å²) in [4.78, 5) is 0. The van der Waals surface area contributed by atoms with Gasteiger partial charge in [-0.25, -0.2) is 0 Å². The molecule has 1 aromatic carbocycles. The Morgan fingerprint density at radius 3 is 1.81 bits per heavy atom. The van der Waals surface area contributed by atoms with Crippen LogP contribution in [0.2, 0.25) is 36.3 Å². The molecule has 0 aromatic heterocycles. The first-order chi connectivity index (χ1) is 20.0. The molecule has 0 saturated heterocycles. The van der Waals surface area contributed by atoms with Crippen LogP contribution < -0.4 is 0 Å². The zero-order chi connectivity index (χ0) is 32.6. The molecule has 0 radical (unpaired) electrons. The Morgan fingerprint density at radius 1 is 0.698 bits per heavy atom. The summed E-state index contributed by atoms with van der Waals surface area (Å²) in [7, 11) is -4.00. The Bertz CT molecular complexity index is 871. The number of aliphatic hydroxyl groups is 1. The SMILES string of the molecule is CCCCCCCC[C@H](O[Si](C)(C)C(C)(C)C)[C@@H](/C=C/[C@H](CCCCCO)O[Si](C)(C)C(C)(C)C)OCc1ccccc1. The highest BCUT2D eigenvalue weighted by atomic mass is 28.4. The molecule has 0 fully saturated rings. The number of unbranched alkanes of at least 4 members (excludes halogenated alkanes) is 7. The van der Waals surface area contributed by atoms with Gasteiger partial charge in [0, 0.05) is 6.61 Å². The molecule has 4 nitrogen and oxygen atoms in total. The first-order valence-corrected chi connectivity index (χ1v) is 23.2. The number of benzene rings is 1. The summed E-state index contributed by atoms with van der Waals surface area (Å²) in [5.74, 6) is 0. The molecule has 0 unspecified atom stereocenters. The Morgan fingerprint density at radius 2 is 1.23 bits per heavy atom. The molecular formula is C37H70O4Si2. The van der Waals surface area contributed by atoms with Gasteiger partial charge >= 0.3 is 0 Å². The Hall–Kier alpha value is -0.766. The molecule has 0 saturated carbocycles. The monoisotopic (exact) mass is 634 g/mol. The fraction of sp³-hybridized carbons (Fsp3) is 0.784. The van der Waals surface area contributed by atoms with Crippen LogP contribution in [0, 0.1) is 0 Å². The Labute approximate surface area is 269 Å². The zero-order valence-electron chi connectivity index (χ0n) is 30.1. The maximum absolute atomic E-state index is 9.33. The summed E-state index contributed by atoms with van der Waals surface area (Å²) < 4.78 is 20.9. The minimum absolute atomic E-state index is 0.00920. The summed E-state index contributed by atoms with van der Waals surface area (Å²) in [6, 6.07) is 10.5. The van der Waals surface area contributed by atoms with Crippen LogP contribution in [0.4, 0.5) is 0 Å². The average Bonchev–Trinajstić information content (AvgIpc) is 2.91. The van der Waals surface area contributed by atoms with Gasteiger partial charge in [0.2, 0.25) is 0 Å². The summed E-state index contributed by atoms with van der Waals surface area (Å²) in [5, 5.41) is 9.59. The van der Waals surface area contributed by atoms with Crippen molar-refractivity contribution in [3.05, 3.63) is 48.0 Å². The van der Waals surface area contributed by atoms with E-state index in [1.165, 1.54) is 37.7 Å². The van der Waals surface area contributed by atoms with Gasteiger partial charge in [-0.15, -0.1) is 0 Å². The van der Waals surface area contributed by atoms with Crippen LogP contribution in [0.1, 0.15) is 125 Å². The van der Waals surface area contributed by atoms with Crippen molar-refractivity contribution < 1.29 is 18.7 Å². The maximum Gasteiger partial charge on any atom is 0.192 e. The van der Waals surface area contributed by atoms with Gasteiger partial charge in [-0.3, -0.25) is 0 Å². The minimum Gasteiger partial charge on any atom is -0.411 e. The summed E-state index contributed by atoms with van der Waals surface area (Å²) in [6.45, 7) is 26.4. The second-order valence-corrected chi connectivity index (χ2v) is 25.1. The van der Waals surface area contributed by atoms with Gasteiger partial charge in [0.05, 0.1) is 18.8 Å². The van der Waals surface area contributed by atoms with Crippen LogP contribution in [0.15, 0.2) is 42.5 Å². The second-order valence-electron chi connectivity index (χ2n) is 15.6. The van der Waals surface area contributed by atoms with Gasteiger partial charge < -0.3 is 18.7 Å². The highest BCUT2D eigenvalue weighted by Gasteiger charge is 2.41. The van der Waals surface area contributed by atoms with Crippen LogP contribution >= 0.6 is 0 Å². The molecule has 0 aliphatic heterocycles. The fourth-order valence-corrected chi connectivity index (χ4v) is 7.31. The van der Waals surface area contributed by atoms with Crippen LogP contribution in [-0.2, 0) is 20.2 Å². The molecule has 0 heterocycles. The van der Waals surface area contributed by atoms with E-state index in [1.54, 1.807) is 0 Å². The van der Waals surface area contributed by atoms with E-state index in [1.807, 2.05) is 0 Å². The molecule has 0 bridgehead atoms. The summed E-state index contributed by atoms with van der Waals surface area (Å²) >= 11 is 0. The van der Waals surface area contributed by atoms with Crippen molar-refractivity contribution in [1.82, 2.24) is 0 Å². The van der Waals surface area contributed by atoms with Gasteiger partial charge in [-0.05, 0) is 61.1 Å². The largest absolute Gasteiger partial charge is 0.411 e. The molecule has 250 valence electrons. The number of ether oxygens (including phenoxy) is 1. The smallest absolute Gasteiger partial charge is 0.192 e. The number of hydrogen-bond acceptors (Lipinski definition) is 4. The molecule has 1 aromatic rings. The second kappa shape index (κ2) is 19.7. The Kier molecular flexibility index (Phi) is 18.4. The van der Waals surface area contributed by atoms with Crippen molar-refractivity contribution in [2.75, 3.05) is 6.61 Å². The van der Waals surface area contributed by atoms with Crippen LogP contribution in [0.5, 0.6) is 0 Å². The molecular weight excluding hydrogens is 565 g/mol. The minimum atomic E-state index is -2.03. The number of aliphatic hydroxyl groups excluding tert-OH is 1. The van der Waals surface area contributed by atoms with Crippen molar-refractivity contribution in [3.63, 3.8) is 0 Å². The van der Waals surface area contributed by atoms with Gasteiger partial charge in [-0.2, -0.15) is 0 Å². The third-order valence-electron chi connectivity index (χ3n) is 9.66. The maximum atomic E-state index is 9.33. The van der Waals surface area contributed by atoms with E-state index in [0.717, 1.165) is 38.5 Å². The topological polar surface area (TPSA) is 47.9 Å². The molecule has 6 heteroatoms. The molecule has 3 atom stereocenters. The van der Waals surface area contributed by atoms with Crippen molar-refractivity contribution in [2.45, 2.75) is 180 Å². The van der Waals surface area contributed by atoms with Crippen molar-refractivity contribution in [1.29, 1.82) is 0 Å². The lowest BCUT2D eigenvalue weighted by Gasteiger charge is -2.41. The van der Waals surface area contributed by atoms with E-state index in [9.17, 15) is 5.11 Å². The molecule has 0 spiro atoms. The van der Waals surface area contributed by atoms with E-state index in [2.05, 4.69) is 117 Å². The van der Waals surface area contributed by atoms with Gasteiger partial charge in [0.15, 0.2) is 16.6 Å². The van der Waals surface area contributed by atoms with E-state index in [4.69, 9.17) is 13.6 Å². The van der Waals surface area contributed by atoms with Crippen LogP contribution in [0.3, 0.4) is 0 Å². The first-order valence-electron chi connectivity index (χ1n) is 17.3. The standard InChI is InChI=1S/C37H70O4Si2/c1-12-13-14-15-16-22-27-35(41-43(10,11)37(5,6)7)34(39-31-32-24-19-17-20-25-32)29-28-33(26-21-18-23-30-38)40-42(8,9)36(2,3)4/h17,19-20,24-25,28-29,33-35,38H,12-16,18,21-23,26-27,30-31H2,1-11H3/b29-28+/t33-,34+,35-/m0/s1. The third kappa shape index (κ3) is 15.9. The lowest BCUT2D eigenvalue weighted by Crippen LogP contribution is -2.47. The van der Waals surface area contributed by atoms with Crippen molar-refractivity contribution >= 4 is 16.6 Å². The molecule has 1 N–H and O–H groups in total. The first kappa shape index (κ1) is 40.3. The highest BCUT2D eigenvalue weighted by molar-refractivity contribution is 6.74.